The van der Waals surface area contributed by atoms with Crippen molar-refractivity contribution in [3.63, 3.8) is 0 Å². The summed E-state index contributed by atoms with van der Waals surface area (Å²) < 4.78 is 5.15. The predicted octanol–water partition coefficient (Wildman–Crippen LogP) is 0.926. The van der Waals surface area contributed by atoms with Crippen molar-refractivity contribution in [3.8, 4) is 0 Å². The predicted molar refractivity (Wildman–Crippen MR) is 46.4 cm³/mol. The largest absolute Gasteiger partial charge is 0.390 e. The van der Waals surface area contributed by atoms with Crippen LogP contribution in [0.4, 0.5) is 0 Å². The third-order valence-corrected chi connectivity index (χ3v) is 2.86. The molecule has 1 N–H and O–H groups in total. The van der Waals surface area contributed by atoms with E-state index in [9.17, 15) is 5.11 Å². The minimum absolute atomic E-state index is 0.0925. The number of hydrogen-bond donors (Lipinski definition) is 1. The number of ether oxygens (including phenoxy) is 1. The fourth-order valence-corrected chi connectivity index (χ4v) is 2.05. The van der Waals surface area contributed by atoms with E-state index in [-0.39, 0.29) is 12.0 Å². The highest BCUT2D eigenvalue weighted by atomic mass is 32.1. The van der Waals surface area contributed by atoms with Crippen LogP contribution >= 0.6 is 11.3 Å². The normalized spacial score (nSPS) is 29.5. The quantitative estimate of drug-likeness (QED) is 0.707. The molecular formula is C8H11NO2S. The van der Waals surface area contributed by atoms with Gasteiger partial charge in [0.15, 0.2) is 0 Å². The standard InChI is InChI=1S/C8H11NO2S/c1-5-9-7(4-12-5)6-2-11-3-8(6)10/h4,6,8,10H,2-3H2,1H3/t6-,8+/m0/s1. The van der Waals surface area contributed by atoms with E-state index >= 15 is 0 Å². The van der Waals surface area contributed by atoms with Crippen LogP contribution in [0.2, 0.25) is 0 Å². The molecule has 0 aliphatic carbocycles. The zero-order valence-corrected chi connectivity index (χ0v) is 7.67. The van der Waals surface area contributed by atoms with E-state index in [0.29, 0.717) is 13.2 Å². The van der Waals surface area contributed by atoms with E-state index in [2.05, 4.69) is 4.98 Å². The van der Waals surface area contributed by atoms with Gasteiger partial charge in [0, 0.05) is 5.38 Å². The van der Waals surface area contributed by atoms with Gasteiger partial charge in [-0.2, -0.15) is 0 Å². The first-order valence-electron chi connectivity index (χ1n) is 3.95. The van der Waals surface area contributed by atoms with Crippen LogP contribution in [0.15, 0.2) is 5.38 Å². The van der Waals surface area contributed by atoms with Crippen LogP contribution in [-0.2, 0) is 4.74 Å². The summed E-state index contributed by atoms with van der Waals surface area (Å²) in [7, 11) is 0. The van der Waals surface area contributed by atoms with Gasteiger partial charge in [-0.15, -0.1) is 11.3 Å². The molecule has 66 valence electrons. The Morgan fingerprint density at radius 1 is 1.67 bits per heavy atom. The molecule has 0 amide bonds. The Morgan fingerprint density at radius 2 is 2.50 bits per heavy atom. The molecule has 0 spiro atoms. The Bertz CT molecular complexity index is 274. The first-order chi connectivity index (χ1) is 5.77. The van der Waals surface area contributed by atoms with Gasteiger partial charge < -0.3 is 9.84 Å². The van der Waals surface area contributed by atoms with Crippen molar-refractivity contribution in [3.05, 3.63) is 16.1 Å². The average molecular weight is 185 g/mol. The minimum atomic E-state index is -0.369. The molecule has 4 heteroatoms. The number of aliphatic hydroxyl groups is 1. The molecule has 1 aliphatic rings. The summed E-state index contributed by atoms with van der Waals surface area (Å²) in [5.41, 5.74) is 0.975. The van der Waals surface area contributed by atoms with E-state index in [1.807, 2.05) is 12.3 Å². The summed E-state index contributed by atoms with van der Waals surface area (Å²) in [6.07, 6.45) is -0.369. The summed E-state index contributed by atoms with van der Waals surface area (Å²) in [5.74, 6) is 0.0925. The maximum Gasteiger partial charge on any atom is 0.0897 e. The van der Waals surface area contributed by atoms with Gasteiger partial charge in [-0.05, 0) is 6.92 Å². The lowest BCUT2D eigenvalue weighted by atomic mass is 10.0. The van der Waals surface area contributed by atoms with Crippen molar-refractivity contribution in [1.29, 1.82) is 0 Å². The van der Waals surface area contributed by atoms with Crippen molar-refractivity contribution in [2.75, 3.05) is 13.2 Å². The Morgan fingerprint density at radius 3 is 3.00 bits per heavy atom. The molecule has 0 bridgehead atoms. The average Bonchev–Trinajstić information content (AvgIpc) is 2.58. The van der Waals surface area contributed by atoms with Crippen molar-refractivity contribution in [2.24, 2.45) is 0 Å². The molecule has 0 aromatic carbocycles. The van der Waals surface area contributed by atoms with E-state index < -0.39 is 0 Å². The SMILES string of the molecule is Cc1nc([C@@H]2COC[C@H]2O)cs1. The van der Waals surface area contributed by atoms with Gasteiger partial charge in [0.05, 0.1) is 35.9 Å². The van der Waals surface area contributed by atoms with Crippen LogP contribution in [0.1, 0.15) is 16.6 Å². The van der Waals surface area contributed by atoms with Crippen LogP contribution in [0, 0.1) is 6.92 Å². The number of rotatable bonds is 1. The highest BCUT2D eigenvalue weighted by Gasteiger charge is 2.29. The molecule has 1 aromatic rings. The molecule has 1 saturated heterocycles. The second-order valence-corrected chi connectivity index (χ2v) is 4.06. The molecular weight excluding hydrogens is 174 g/mol. The molecule has 3 nitrogen and oxygen atoms in total. The maximum absolute atomic E-state index is 9.49. The van der Waals surface area contributed by atoms with Gasteiger partial charge in [0.25, 0.3) is 0 Å². The third-order valence-electron chi connectivity index (χ3n) is 2.07. The highest BCUT2D eigenvalue weighted by Crippen LogP contribution is 2.26. The topological polar surface area (TPSA) is 42.4 Å². The minimum Gasteiger partial charge on any atom is -0.390 e. The van der Waals surface area contributed by atoms with E-state index in [1.54, 1.807) is 11.3 Å². The Hall–Kier alpha value is -0.450. The molecule has 2 atom stereocenters. The third kappa shape index (κ3) is 1.37. The zero-order valence-electron chi connectivity index (χ0n) is 6.86. The number of aliphatic hydroxyl groups excluding tert-OH is 1. The molecule has 0 radical (unpaired) electrons. The number of aromatic nitrogens is 1. The van der Waals surface area contributed by atoms with Crippen LogP contribution in [0.25, 0.3) is 0 Å². The molecule has 1 aliphatic heterocycles. The van der Waals surface area contributed by atoms with Gasteiger partial charge in [-0.3, -0.25) is 0 Å². The van der Waals surface area contributed by atoms with Gasteiger partial charge in [-0.1, -0.05) is 0 Å². The lowest BCUT2D eigenvalue weighted by Crippen LogP contribution is -2.15. The van der Waals surface area contributed by atoms with Crippen LogP contribution in [-0.4, -0.2) is 29.4 Å². The summed E-state index contributed by atoms with van der Waals surface area (Å²) in [6.45, 7) is 3.02. The molecule has 12 heavy (non-hydrogen) atoms. The van der Waals surface area contributed by atoms with Gasteiger partial charge in [0.2, 0.25) is 0 Å². The molecule has 0 saturated carbocycles. The Balaban J connectivity index is 2.19. The van der Waals surface area contributed by atoms with Crippen molar-refractivity contribution in [1.82, 2.24) is 4.98 Å². The van der Waals surface area contributed by atoms with E-state index in [1.165, 1.54) is 0 Å². The summed E-state index contributed by atoms with van der Waals surface area (Å²) in [5, 5.41) is 12.5. The fraction of sp³-hybridized carbons (Fsp3) is 0.625. The van der Waals surface area contributed by atoms with Crippen LogP contribution in [0.5, 0.6) is 0 Å². The highest BCUT2D eigenvalue weighted by molar-refractivity contribution is 7.09. The lowest BCUT2D eigenvalue weighted by Gasteiger charge is -2.07. The number of aryl methyl sites for hydroxylation is 1. The Kier molecular flexibility index (Phi) is 2.12. The van der Waals surface area contributed by atoms with Crippen molar-refractivity contribution in [2.45, 2.75) is 18.9 Å². The first-order valence-corrected chi connectivity index (χ1v) is 4.83. The van der Waals surface area contributed by atoms with Crippen LogP contribution in [0.3, 0.4) is 0 Å². The van der Waals surface area contributed by atoms with Gasteiger partial charge >= 0.3 is 0 Å². The van der Waals surface area contributed by atoms with Crippen molar-refractivity contribution >= 4 is 11.3 Å². The number of hydrogen-bond acceptors (Lipinski definition) is 4. The molecule has 2 rings (SSSR count). The second-order valence-electron chi connectivity index (χ2n) is 3.00. The zero-order chi connectivity index (χ0) is 8.55. The van der Waals surface area contributed by atoms with Crippen LogP contribution < -0.4 is 0 Å². The van der Waals surface area contributed by atoms with E-state index in [0.717, 1.165) is 10.7 Å². The monoisotopic (exact) mass is 185 g/mol. The lowest BCUT2D eigenvalue weighted by molar-refractivity contribution is 0.124. The van der Waals surface area contributed by atoms with Gasteiger partial charge in [0.1, 0.15) is 0 Å². The fourth-order valence-electron chi connectivity index (χ4n) is 1.38. The number of thiazole rings is 1. The summed E-state index contributed by atoms with van der Waals surface area (Å²) in [6, 6.07) is 0. The Labute approximate surface area is 75.0 Å². The molecule has 2 heterocycles. The second kappa shape index (κ2) is 3.12. The molecule has 1 aromatic heterocycles. The summed E-state index contributed by atoms with van der Waals surface area (Å²) >= 11 is 1.62. The maximum atomic E-state index is 9.49. The summed E-state index contributed by atoms with van der Waals surface area (Å²) in [4.78, 5) is 4.32. The number of nitrogens with zero attached hydrogens (tertiary/aromatic N) is 1. The van der Waals surface area contributed by atoms with Crippen molar-refractivity contribution < 1.29 is 9.84 Å². The first kappa shape index (κ1) is 8.16. The van der Waals surface area contributed by atoms with Gasteiger partial charge in [-0.25, -0.2) is 4.98 Å². The molecule has 1 fully saturated rings. The molecule has 0 unspecified atom stereocenters. The van der Waals surface area contributed by atoms with E-state index in [4.69, 9.17) is 4.74 Å². The smallest absolute Gasteiger partial charge is 0.0897 e.